The molecule has 2 rings (SSSR count). The summed E-state index contributed by atoms with van der Waals surface area (Å²) >= 11 is 0. The predicted molar refractivity (Wildman–Crippen MR) is 43.4 cm³/mol. The number of rotatable bonds is 0. The summed E-state index contributed by atoms with van der Waals surface area (Å²) in [6, 6.07) is 4.10. The molecule has 0 saturated carbocycles. The minimum absolute atomic E-state index is 0.225. The molecule has 0 aliphatic carbocycles. The summed E-state index contributed by atoms with van der Waals surface area (Å²) in [6.45, 7) is 3.16. The normalized spacial score (nSPS) is 23.3. The molecule has 0 saturated heterocycles. The first-order valence-electron chi connectivity index (χ1n) is 4.13. The van der Waals surface area contributed by atoms with Crippen LogP contribution in [0.25, 0.3) is 0 Å². The highest BCUT2D eigenvalue weighted by molar-refractivity contribution is 5.18. The average molecular weight is 151 g/mol. The smallest absolute Gasteiger partial charge is 0.0940 e. The van der Waals surface area contributed by atoms with Crippen LogP contribution in [0, 0.1) is 6.92 Å². The zero-order chi connectivity index (χ0) is 7.84. The van der Waals surface area contributed by atoms with Crippen LogP contribution in [0.2, 0.25) is 0 Å². The second-order valence-electron chi connectivity index (χ2n) is 3.21. The van der Waals surface area contributed by atoms with E-state index >= 15 is 0 Å². The van der Waals surface area contributed by atoms with Crippen molar-refractivity contribution >= 4 is 0 Å². The quantitative estimate of drug-likeness (QED) is 0.599. The molecule has 1 aromatic heterocycles. The zero-order valence-corrected chi connectivity index (χ0v) is 6.75. The van der Waals surface area contributed by atoms with Gasteiger partial charge in [0.2, 0.25) is 0 Å². The molecule has 0 radical (unpaired) electrons. The average Bonchev–Trinajstić information content (AvgIpc) is 2.35. The predicted octanol–water partition coefficient (Wildman–Crippen LogP) is 1.62. The Kier molecular flexibility index (Phi) is 1.50. The van der Waals surface area contributed by atoms with Gasteiger partial charge in [-0.25, -0.2) is 0 Å². The lowest BCUT2D eigenvalue weighted by atomic mass is 10.1. The second-order valence-corrected chi connectivity index (χ2v) is 3.21. The van der Waals surface area contributed by atoms with E-state index in [1.165, 1.54) is 5.69 Å². The Hall–Kier alpha value is -0.760. The fourth-order valence-electron chi connectivity index (χ4n) is 1.78. The van der Waals surface area contributed by atoms with Gasteiger partial charge in [0.05, 0.1) is 6.10 Å². The Balaban J connectivity index is 2.46. The van der Waals surface area contributed by atoms with E-state index in [0.717, 1.165) is 25.1 Å². The summed E-state index contributed by atoms with van der Waals surface area (Å²) in [7, 11) is 0. The number of hydrogen-bond donors (Lipinski definition) is 1. The number of nitrogens with zero attached hydrogens (tertiary/aromatic N) is 1. The largest absolute Gasteiger partial charge is 0.387 e. The van der Waals surface area contributed by atoms with E-state index in [0.29, 0.717) is 0 Å². The highest BCUT2D eigenvalue weighted by Gasteiger charge is 2.17. The van der Waals surface area contributed by atoms with Crippen molar-refractivity contribution in [2.75, 3.05) is 0 Å². The van der Waals surface area contributed by atoms with Crippen LogP contribution in [0.1, 0.15) is 30.3 Å². The molecule has 1 aliphatic heterocycles. The first-order valence-corrected chi connectivity index (χ1v) is 4.13. The molecule has 1 N–H and O–H groups in total. The van der Waals surface area contributed by atoms with Crippen LogP contribution >= 0.6 is 0 Å². The molecule has 1 unspecified atom stereocenters. The highest BCUT2D eigenvalue weighted by Crippen LogP contribution is 2.26. The Morgan fingerprint density at radius 1 is 1.55 bits per heavy atom. The van der Waals surface area contributed by atoms with Gasteiger partial charge < -0.3 is 9.67 Å². The van der Waals surface area contributed by atoms with E-state index in [-0.39, 0.29) is 6.10 Å². The maximum Gasteiger partial charge on any atom is 0.0940 e. The van der Waals surface area contributed by atoms with Gasteiger partial charge in [-0.3, -0.25) is 0 Å². The lowest BCUT2D eigenvalue weighted by Gasteiger charge is -2.21. The maximum atomic E-state index is 9.55. The van der Waals surface area contributed by atoms with E-state index in [9.17, 15) is 5.11 Å². The molecule has 2 nitrogen and oxygen atoms in total. The molecule has 0 aromatic carbocycles. The molecule has 2 heteroatoms. The van der Waals surface area contributed by atoms with Gasteiger partial charge >= 0.3 is 0 Å². The first-order chi connectivity index (χ1) is 5.29. The summed E-state index contributed by atoms with van der Waals surface area (Å²) in [4.78, 5) is 0. The van der Waals surface area contributed by atoms with Crippen LogP contribution < -0.4 is 0 Å². The monoisotopic (exact) mass is 151 g/mol. The van der Waals surface area contributed by atoms with Gasteiger partial charge in [-0.2, -0.15) is 0 Å². The second kappa shape index (κ2) is 2.38. The number of aliphatic hydroxyl groups is 1. The summed E-state index contributed by atoms with van der Waals surface area (Å²) in [6.07, 6.45) is 1.80. The third-order valence-corrected chi connectivity index (χ3v) is 2.43. The fraction of sp³-hybridized carbons (Fsp3) is 0.556. The summed E-state index contributed by atoms with van der Waals surface area (Å²) in [5, 5.41) is 9.55. The molecule has 1 aliphatic rings. The molecule has 11 heavy (non-hydrogen) atoms. The number of aromatic nitrogens is 1. The maximum absolute atomic E-state index is 9.55. The van der Waals surface area contributed by atoms with E-state index in [1.807, 2.05) is 6.07 Å². The zero-order valence-electron chi connectivity index (χ0n) is 6.75. The summed E-state index contributed by atoms with van der Waals surface area (Å²) in [5.74, 6) is 0. The van der Waals surface area contributed by atoms with Crippen molar-refractivity contribution in [2.45, 2.75) is 32.4 Å². The summed E-state index contributed by atoms with van der Waals surface area (Å²) < 4.78 is 2.20. The van der Waals surface area contributed by atoms with Crippen molar-refractivity contribution in [3.05, 3.63) is 23.5 Å². The van der Waals surface area contributed by atoms with Crippen LogP contribution in [0.5, 0.6) is 0 Å². The minimum atomic E-state index is -0.225. The lowest BCUT2D eigenvalue weighted by Crippen LogP contribution is -2.15. The van der Waals surface area contributed by atoms with Crippen molar-refractivity contribution in [2.24, 2.45) is 0 Å². The van der Waals surface area contributed by atoms with Gasteiger partial charge in [0.25, 0.3) is 0 Å². The number of hydrogen-bond acceptors (Lipinski definition) is 1. The van der Waals surface area contributed by atoms with E-state index in [1.54, 1.807) is 0 Å². The molecule has 0 bridgehead atoms. The highest BCUT2D eigenvalue weighted by atomic mass is 16.3. The Labute approximate surface area is 66.5 Å². The first kappa shape index (κ1) is 6.92. The molecule has 0 amide bonds. The topological polar surface area (TPSA) is 25.2 Å². The van der Waals surface area contributed by atoms with Gasteiger partial charge in [0.1, 0.15) is 0 Å². The summed E-state index contributed by atoms with van der Waals surface area (Å²) in [5.41, 5.74) is 2.35. The van der Waals surface area contributed by atoms with Crippen molar-refractivity contribution in [3.63, 3.8) is 0 Å². The molecular weight excluding hydrogens is 138 g/mol. The third-order valence-electron chi connectivity index (χ3n) is 2.43. The van der Waals surface area contributed by atoms with E-state index in [2.05, 4.69) is 17.6 Å². The minimum Gasteiger partial charge on any atom is -0.387 e. The Morgan fingerprint density at radius 3 is 3.09 bits per heavy atom. The van der Waals surface area contributed by atoms with Crippen LogP contribution in [0.3, 0.4) is 0 Å². The van der Waals surface area contributed by atoms with Crippen LogP contribution in [0.15, 0.2) is 12.1 Å². The Bertz CT molecular complexity index is 265. The van der Waals surface area contributed by atoms with Gasteiger partial charge in [-0.1, -0.05) is 0 Å². The van der Waals surface area contributed by atoms with Crippen molar-refractivity contribution in [1.82, 2.24) is 4.57 Å². The Morgan fingerprint density at radius 2 is 2.36 bits per heavy atom. The van der Waals surface area contributed by atoms with Crippen molar-refractivity contribution in [3.8, 4) is 0 Å². The number of aliphatic hydroxyl groups excluding tert-OH is 1. The lowest BCUT2D eigenvalue weighted by molar-refractivity contribution is 0.138. The van der Waals surface area contributed by atoms with Crippen molar-refractivity contribution in [1.29, 1.82) is 0 Å². The molecule has 1 atom stereocenters. The van der Waals surface area contributed by atoms with Crippen LogP contribution in [-0.4, -0.2) is 9.67 Å². The molecule has 0 spiro atoms. The molecule has 2 heterocycles. The van der Waals surface area contributed by atoms with E-state index < -0.39 is 0 Å². The van der Waals surface area contributed by atoms with Gasteiger partial charge in [0, 0.05) is 17.9 Å². The number of fused-ring (bicyclic) bond motifs is 1. The fourth-order valence-corrected chi connectivity index (χ4v) is 1.78. The molecule has 0 fully saturated rings. The van der Waals surface area contributed by atoms with Gasteiger partial charge in [-0.05, 0) is 31.9 Å². The van der Waals surface area contributed by atoms with Crippen molar-refractivity contribution < 1.29 is 5.11 Å². The third kappa shape index (κ3) is 0.979. The van der Waals surface area contributed by atoms with Crippen LogP contribution in [-0.2, 0) is 6.54 Å². The molecule has 1 aromatic rings. The van der Waals surface area contributed by atoms with Gasteiger partial charge in [0.15, 0.2) is 0 Å². The SMILES string of the molecule is Cc1ccc2n1CCCC2O. The molecular formula is C9H13NO. The van der Waals surface area contributed by atoms with Crippen LogP contribution in [0.4, 0.5) is 0 Å². The number of aryl methyl sites for hydroxylation is 1. The van der Waals surface area contributed by atoms with E-state index in [4.69, 9.17) is 0 Å². The van der Waals surface area contributed by atoms with Gasteiger partial charge in [-0.15, -0.1) is 0 Å². The standard InChI is InChI=1S/C9H13NO/c1-7-4-5-8-9(11)3-2-6-10(7)8/h4-5,9,11H,2-3,6H2,1H3. The molecule has 60 valence electrons.